The normalized spacial score (nSPS) is 17.8. The van der Waals surface area contributed by atoms with Crippen LogP contribution in [0.4, 0.5) is 0 Å². The average molecular weight is 323 g/mol. The number of ether oxygens (including phenoxy) is 1. The van der Waals surface area contributed by atoms with Gasteiger partial charge in [-0.15, -0.1) is 23.1 Å². The predicted octanol–water partition coefficient (Wildman–Crippen LogP) is 1.84. The van der Waals surface area contributed by atoms with Crippen LogP contribution in [0, 0.1) is 0 Å². The van der Waals surface area contributed by atoms with Crippen molar-refractivity contribution in [2.75, 3.05) is 20.0 Å². The van der Waals surface area contributed by atoms with Gasteiger partial charge in [0.25, 0.3) is 5.91 Å². The van der Waals surface area contributed by atoms with Crippen molar-refractivity contribution in [2.24, 2.45) is 4.99 Å². The molecule has 1 aromatic heterocycles. The molecule has 2 heterocycles. The minimum absolute atomic E-state index is 0.234. The minimum atomic E-state index is -0.425. The minimum Gasteiger partial charge on any atom is -0.497 e. The third-order valence-corrected chi connectivity index (χ3v) is 5.14. The molecule has 0 aliphatic carbocycles. The molecule has 0 saturated heterocycles. The molecule has 1 aromatic carbocycles. The number of fused-ring (bicyclic) bond motifs is 1. The number of hydrogen-bond donors (Lipinski definition) is 1. The number of thiazole rings is 1. The number of nitrogens with zero attached hydrogens (tertiary/aromatic N) is 2. The zero-order chi connectivity index (χ0) is 14.8. The summed E-state index contributed by atoms with van der Waals surface area (Å²) in [7, 11) is 3.05. The number of carbonyl (C=O) groups is 1. The van der Waals surface area contributed by atoms with E-state index >= 15 is 0 Å². The largest absolute Gasteiger partial charge is 0.497 e. The Morgan fingerprint density at radius 1 is 1.43 bits per heavy atom. The number of methoxy groups -OCH3 is 1. The first-order valence-corrected chi connectivity index (χ1v) is 8.00. The van der Waals surface area contributed by atoms with Gasteiger partial charge < -0.3 is 4.74 Å². The lowest BCUT2D eigenvalue weighted by molar-refractivity contribution is -0.131. The van der Waals surface area contributed by atoms with Crippen molar-refractivity contribution in [1.29, 1.82) is 0 Å². The standard InChI is InChI=1S/C13H13N3O3S2/c1-18-7-3-4-8-10(5-7)21-13(14-8)12-15-9(6-20-12)11(17)16-19-2/h3-5,9H,6H2,1-2H3,(H,16,17). The van der Waals surface area contributed by atoms with E-state index in [1.807, 2.05) is 18.2 Å². The molecule has 8 heteroatoms. The van der Waals surface area contributed by atoms with Crippen LogP contribution in [0.5, 0.6) is 5.75 Å². The summed E-state index contributed by atoms with van der Waals surface area (Å²) in [5, 5.41) is 1.63. The van der Waals surface area contributed by atoms with E-state index in [1.165, 1.54) is 18.9 Å². The maximum absolute atomic E-state index is 11.7. The number of aromatic nitrogens is 1. The van der Waals surface area contributed by atoms with Gasteiger partial charge in [0.2, 0.25) is 0 Å². The van der Waals surface area contributed by atoms with E-state index < -0.39 is 6.04 Å². The number of benzene rings is 1. The lowest BCUT2D eigenvalue weighted by atomic mass is 10.3. The summed E-state index contributed by atoms with van der Waals surface area (Å²) in [4.78, 5) is 25.3. The van der Waals surface area contributed by atoms with E-state index in [-0.39, 0.29) is 5.91 Å². The lowest BCUT2D eigenvalue weighted by Gasteiger charge is -2.03. The molecule has 1 aliphatic heterocycles. The van der Waals surface area contributed by atoms with Gasteiger partial charge in [-0.2, -0.15) is 0 Å². The summed E-state index contributed by atoms with van der Waals surface area (Å²) in [6.07, 6.45) is 0. The highest BCUT2D eigenvalue weighted by atomic mass is 32.2. The molecule has 1 aliphatic rings. The summed E-state index contributed by atoms with van der Waals surface area (Å²) in [6.45, 7) is 0. The molecule has 1 amide bonds. The van der Waals surface area contributed by atoms with E-state index in [2.05, 4.69) is 20.3 Å². The highest BCUT2D eigenvalue weighted by Crippen LogP contribution is 2.31. The molecule has 1 unspecified atom stereocenters. The van der Waals surface area contributed by atoms with Gasteiger partial charge in [0.05, 0.1) is 24.4 Å². The molecule has 6 nitrogen and oxygen atoms in total. The van der Waals surface area contributed by atoms with Crippen molar-refractivity contribution in [1.82, 2.24) is 10.5 Å². The summed E-state index contributed by atoms with van der Waals surface area (Å²) in [6, 6.07) is 5.32. The Hall–Kier alpha value is -1.64. The molecule has 1 atom stereocenters. The van der Waals surface area contributed by atoms with E-state index in [0.29, 0.717) is 5.75 Å². The van der Waals surface area contributed by atoms with Crippen LogP contribution in [0.1, 0.15) is 5.01 Å². The quantitative estimate of drug-likeness (QED) is 0.869. The van der Waals surface area contributed by atoms with Gasteiger partial charge in [-0.3, -0.25) is 14.6 Å². The molecule has 2 aromatic rings. The molecule has 0 spiro atoms. The van der Waals surface area contributed by atoms with Crippen LogP contribution in [-0.4, -0.2) is 41.9 Å². The molecule has 110 valence electrons. The predicted molar refractivity (Wildman–Crippen MR) is 84.1 cm³/mol. The second-order valence-corrected chi connectivity index (χ2v) is 6.32. The molecule has 0 bridgehead atoms. The number of carbonyl (C=O) groups excluding carboxylic acids is 1. The van der Waals surface area contributed by atoms with Crippen molar-refractivity contribution in [3.8, 4) is 5.75 Å². The van der Waals surface area contributed by atoms with E-state index in [0.717, 1.165) is 26.0 Å². The number of aliphatic imine (C=N–C) groups is 1. The SMILES string of the molecule is CONC(=O)C1CSC(c2nc3ccc(OC)cc3s2)=N1. The highest BCUT2D eigenvalue weighted by Gasteiger charge is 2.27. The first-order valence-electron chi connectivity index (χ1n) is 6.19. The van der Waals surface area contributed by atoms with Crippen LogP contribution in [0.2, 0.25) is 0 Å². The number of hydroxylamine groups is 1. The van der Waals surface area contributed by atoms with Crippen molar-refractivity contribution < 1.29 is 14.4 Å². The van der Waals surface area contributed by atoms with Gasteiger partial charge in [0, 0.05) is 5.75 Å². The number of nitrogens with one attached hydrogen (secondary N) is 1. The number of amides is 1. The van der Waals surface area contributed by atoms with Gasteiger partial charge in [-0.25, -0.2) is 10.5 Å². The van der Waals surface area contributed by atoms with Gasteiger partial charge >= 0.3 is 0 Å². The second-order valence-electron chi connectivity index (χ2n) is 4.28. The zero-order valence-electron chi connectivity index (χ0n) is 11.5. The Kier molecular flexibility index (Phi) is 4.09. The molecule has 0 radical (unpaired) electrons. The van der Waals surface area contributed by atoms with Gasteiger partial charge in [-0.05, 0) is 18.2 Å². The van der Waals surface area contributed by atoms with E-state index in [4.69, 9.17) is 4.74 Å². The summed E-state index contributed by atoms with van der Waals surface area (Å²) in [5.74, 6) is 1.17. The fourth-order valence-electron chi connectivity index (χ4n) is 1.92. The number of hydrogen-bond acceptors (Lipinski definition) is 7. The topological polar surface area (TPSA) is 72.8 Å². The zero-order valence-corrected chi connectivity index (χ0v) is 13.1. The van der Waals surface area contributed by atoms with Gasteiger partial charge in [0.15, 0.2) is 0 Å². The Balaban J connectivity index is 1.87. The lowest BCUT2D eigenvalue weighted by Crippen LogP contribution is -2.32. The summed E-state index contributed by atoms with van der Waals surface area (Å²) in [5.41, 5.74) is 3.21. The van der Waals surface area contributed by atoms with Crippen LogP contribution >= 0.6 is 23.1 Å². The highest BCUT2D eigenvalue weighted by molar-refractivity contribution is 8.15. The fraction of sp³-hybridized carbons (Fsp3) is 0.308. The smallest absolute Gasteiger partial charge is 0.269 e. The third kappa shape index (κ3) is 2.87. The van der Waals surface area contributed by atoms with Crippen LogP contribution in [0.3, 0.4) is 0 Å². The maximum Gasteiger partial charge on any atom is 0.269 e. The molecular weight excluding hydrogens is 310 g/mol. The molecule has 1 N–H and O–H groups in total. The third-order valence-electron chi connectivity index (χ3n) is 2.93. The molecular formula is C13H13N3O3S2. The Morgan fingerprint density at radius 2 is 2.29 bits per heavy atom. The van der Waals surface area contributed by atoms with E-state index in [1.54, 1.807) is 18.4 Å². The Bertz CT molecular complexity index is 714. The second kappa shape index (κ2) is 6.00. The molecule has 0 fully saturated rings. The average Bonchev–Trinajstić information content (AvgIpc) is 3.13. The van der Waals surface area contributed by atoms with Crippen molar-refractivity contribution >= 4 is 44.3 Å². The van der Waals surface area contributed by atoms with Crippen LogP contribution in [0.15, 0.2) is 23.2 Å². The maximum atomic E-state index is 11.7. The Labute approximate surface area is 129 Å². The van der Waals surface area contributed by atoms with Crippen LogP contribution < -0.4 is 10.2 Å². The van der Waals surface area contributed by atoms with Gasteiger partial charge in [0.1, 0.15) is 21.8 Å². The summed E-state index contributed by atoms with van der Waals surface area (Å²) >= 11 is 3.08. The van der Waals surface area contributed by atoms with Crippen molar-refractivity contribution in [2.45, 2.75) is 6.04 Å². The van der Waals surface area contributed by atoms with Crippen molar-refractivity contribution in [3.05, 3.63) is 23.2 Å². The number of rotatable bonds is 4. The van der Waals surface area contributed by atoms with Gasteiger partial charge in [-0.1, -0.05) is 0 Å². The van der Waals surface area contributed by atoms with E-state index in [9.17, 15) is 4.79 Å². The molecule has 3 rings (SSSR count). The fourth-order valence-corrected chi connectivity index (χ4v) is 4.02. The Morgan fingerprint density at radius 3 is 3.05 bits per heavy atom. The number of thioether (sulfide) groups is 1. The first kappa shape index (κ1) is 14.3. The summed E-state index contributed by atoms with van der Waals surface area (Å²) < 4.78 is 6.25. The molecule has 0 saturated carbocycles. The molecule has 21 heavy (non-hydrogen) atoms. The van der Waals surface area contributed by atoms with Crippen molar-refractivity contribution in [3.63, 3.8) is 0 Å². The van der Waals surface area contributed by atoms with Crippen LogP contribution in [-0.2, 0) is 9.63 Å². The monoisotopic (exact) mass is 323 g/mol. The first-order chi connectivity index (χ1) is 10.2. The van der Waals surface area contributed by atoms with Crippen LogP contribution in [0.25, 0.3) is 10.2 Å².